The number of hydrogen-bond donors (Lipinski definition) is 1. The molecule has 0 aliphatic carbocycles. The van der Waals surface area contributed by atoms with Crippen molar-refractivity contribution in [1.29, 1.82) is 0 Å². The van der Waals surface area contributed by atoms with Gasteiger partial charge in [0.15, 0.2) is 0 Å². The van der Waals surface area contributed by atoms with Gasteiger partial charge in [0.2, 0.25) is 5.91 Å². The van der Waals surface area contributed by atoms with Gasteiger partial charge in [0.25, 0.3) is 5.56 Å². The first-order chi connectivity index (χ1) is 18.8. The van der Waals surface area contributed by atoms with Gasteiger partial charge >= 0.3 is 5.97 Å². The summed E-state index contributed by atoms with van der Waals surface area (Å²) in [4.78, 5) is 39.3. The molecule has 0 aliphatic rings. The Balaban J connectivity index is 2.13. The molecule has 1 heterocycles. The fourth-order valence-electron chi connectivity index (χ4n) is 5.12. The highest BCUT2D eigenvalue weighted by Gasteiger charge is 2.29. The van der Waals surface area contributed by atoms with Crippen molar-refractivity contribution in [2.24, 2.45) is 5.92 Å². The van der Waals surface area contributed by atoms with Crippen LogP contribution in [-0.4, -0.2) is 23.1 Å². The highest BCUT2D eigenvalue weighted by molar-refractivity contribution is 5.82. The largest absolute Gasteiger partial charge is 0.466 e. The van der Waals surface area contributed by atoms with Crippen LogP contribution in [0.5, 0.6) is 0 Å². The van der Waals surface area contributed by atoms with E-state index in [1.54, 1.807) is 65.1 Å². The quantitative estimate of drug-likeness (QED) is 0.294. The van der Waals surface area contributed by atoms with Gasteiger partial charge in [0.1, 0.15) is 17.7 Å². The number of benzene rings is 2. The predicted molar refractivity (Wildman–Crippen MR) is 152 cm³/mol. The summed E-state index contributed by atoms with van der Waals surface area (Å²) in [6.07, 6.45) is 1.61. The summed E-state index contributed by atoms with van der Waals surface area (Å²) >= 11 is 0. The fraction of sp³-hybridized carbons (Fsp3) is 0.406. The molecule has 0 bridgehead atoms. The van der Waals surface area contributed by atoms with Gasteiger partial charge in [-0.05, 0) is 105 Å². The zero-order valence-corrected chi connectivity index (χ0v) is 24.2. The van der Waals surface area contributed by atoms with Crippen LogP contribution in [0.1, 0.15) is 73.5 Å². The smallest absolute Gasteiger partial charge is 0.308 e. The molecule has 0 spiro atoms. The highest BCUT2D eigenvalue weighted by Crippen LogP contribution is 2.34. The molecule has 1 amide bonds. The van der Waals surface area contributed by atoms with Crippen LogP contribution in [0.4, 0.5) is 8.78 Å². The van der Waals surface area contributed by atoms with Crippen LogP contribution in [-0.2, 0) is 14.3 Å². The molecule has 0 fully saturated rings. The number of aromatic nitrogens is 1. The van der Waals surface area contributed by atoms with Gasteiger partial charge in [-0.2, -0.15) is 0 Å². The van der Waals surface area contributed by atoms with Crippen LogP contribution in [0.2, 0.25) is 0 Å². The lowest BCUT2D eigenvalue weighted by molar-refractivity contribution is -0.144. The number of hydrogen-bond acceptors (Lipinski definition) is 4. The molecule has 1 aromatic heterocycles. The summed E-state index contributed by atoms with van der Waals surface area (Å²) in [5, 5.41) is 2.86. The second-order valence-electron chi connectivity index (χ2n) is 10.7. The van der Waals surface area contributed by atoms with Crippen LogP contribution in [0, 0.1) is 45.2 Å². The van der Waals surface area contributed by atoms with E-state index in [2.05, 4.69) is 5.32 Å². The molecular formula is C32H38F2N2O4. The normalized spacial score (nSPS) is 12.8. The number of aryl methyl sites for hydroxylation is 4. The molecule has 0 radical (unpaired) electrons. The van der Waals surface area contributed by atoms with Gasteiger partial charge in [0.05, 0.1) is 19.1 Å². The zero-order valence-electron chi connectivity index (χ0n) is 24.2. The van der Waals surface area contributed by atoms with Gasteiger partial charge in [-0.25, -0.2) is 8.78 Å². The minimum Gasteiger partial charge on any atom is -0.466 e. The van der Waals surface area contributed by atoms with E-state index in [9.17, 15) is 18.8 Å². The van der Waals surface area contributed by atoms with Gasteiger partial charge in [-0.15, -0.1) is 0 Å². The maximum atomic E-state index is 15.7. The first kappa shape index (κ1) is 30.7. The van der Waals surface area contributed by atoms with E-state index in [0.29, 0.717) is 34.2 Å². The molecule has 3 aromatic rings. The Morgan fingerprint density at radius 3 is 2.23 bits per heavy atom. The van der Waals surface area contributed by atoms with E-state index in [-0.39, 0.29) is 35.9 Å². The van der Waals surface area contributed by atoms with E-state index in [1.165, 1.54) is 16.7 Å². The topological polar surface area (TPSA) is 77.4 Å². The van der Waals surface area contributed by atoms with Crippen molar-refractivity contribution in [1.82, 2.24) is 9.88 Å². The highest BCUT2D eigenvalue weighted by atomic mass is 19.1. The summed E-state index contributed by atoms with van der Waals surface area (Å²) in [6, 6.07) is 7.53. The molecule has 6 nitrogen and oxygen atoms in total. The predicted octanol–water partition coefficient (Wildman–Crippen LogP) is 6.43. The van der Waals surface area contributed by atoms with Gasteiger partial charge in [-0.3, -0.25) is 14.4 Å². The van der Waals surface area contributed by atoms with Crippen molar-refractivity contribution < 1.29 is 23.1 Å². The third-order valence-corrected chi connectivity index (χ3v) is 6.93. The van der Waals surface area contributed by atoms with Crippen molar-refractivity contribution in [2.45, 2.75) is 73.4 Å². The molecule has 8 heteroatoms. The number of carbonyl (C=O) groups excluding carboxylic acids is 2. The van der Waals surface area contributed by atoms with Crippen molar-refractivity contribution >= 4 is 11.9 Å². The Morgan fingerprint density at radius 1 is 0.975 bits per heavy atom. The van der Waals surface area contributed by atoms with Crippen LogP contribution < -0.4 is 10.9 Å². The molecular weight excluding hydrogens is 514 g/mol. The summed E-state index contributed by atoms with van der Waals surface area (Å²) in [5.74, 6) is -1.97. The van der Waals surface area contributed by atoms with Crippen molar-refractivity contribution in [3.8, 4) is 11.1 Å². The molecule has 0 aliphatic heterocycles. The average Bonchev–Trinajstić information content (AvgIpc) is 2.85. The van der Waals surface area contributed by atoms with E-state index in [4.69, 9.17) is 4.74 Å². The van der Waals surface area contributed by atoms with Crippen molar-refractivity contribution in [3.05, 3.63) is 92.4 Å². The molecule has 1 N–H and O–H groups in total. The zero-order chi connectivity index (χ0) is 29.7. The van der Waals surface area contributed by atoms with E-state index in [1.807, 2.05) is 13.8 Å². The van der Waals surface area contributed by atoms with Crippen LogP contribution in [0.15, 0.2) is 47.4 Å². The van der Waals surface area contributed by atoms with Gasteiger partial charge in [0, 0.05) is 17.3 Å². The summed E-state index contributed by atoms with van der Waals surface area (Å²) in [7, 11) is 0. The van der Waals surface area contributed by atoms with E-state index < -0.39 is 29.8 Å². The van der Waals surface area contributed by atoms with Crippen LogP contribution in [0.3, 0.4) is 0 Å². The number of halogens is 2. The number of nitrogens with zero attached hydrogens (tertiary/aromatic N) is 1. The third-order valence-electron chi connectivity index (χ3n) is 6.93. The average molecular weight is 553 g/mol. The number of ether oxygens (including phenoxy) is 1. The Kier molecular flexibility index (Phi) is 10.0. The van der Waals surface area contributed by atoms with Gasteiger partial charge in [-0.1, -0.05) is 19.9 Å². The molecule has 214 valence electrons. The second-order valence-corrected chi connectivity index (χ2v) is 10.7. The van der Waals surface area contributed by atoms with Crippen LogP contribution in [0.25, 0.3) is 11.1 Å². The number of pyridine rings is 1. The maximum Gasteiger partial charge on any atom is 0.308 e. The lowest BCUT2D eigenvalue weighted by Gasteiger charge is -2.26. The number of nitrogens with one attached hydrogen (secondary N) is 1. The van der Waals surface area contributed by atoms with Crippen molar-refractivity contribution in [2.75, 3.05) is 6.61 Å². The van der Waals surface area contributed by atoms with Gasteiger partial charge < -0.3 is 14.6 Å². The fourth-order valence-corrected chi connectivity index (χ4v) is 5.12. The Hall–Kier alpha value is -3.81. The Labute approximate surface area is 234 Å². The minimum absolute atomic E-state index is 0.0680. The number of rotatable bonds is 10. The monoisotopic (exact) mass is 552 g/mol. The summed E-state index contributed by atoms with van der Waals surface area (Å²) in [6.45, 7) is 12.5. The Morgan fingerprint density at radius 2 is 1.62 bits per heavy atom. The summed E-state index contributed by atoms with van der Waals surface area (Å²) in [5.41, 5.74) is 3.36. The molecule has 0 saturated heterocycles. The minimum atomic E-state index is -1.07. The third kappa shape index (κ3) is 7.03. The maximum absolute atomic E-state index is 15.7. The number of carbonyl (C=O) groups is 2. The van der Waals surface area contributed by atoms with Crippen LogP contribution >= 0.6 is 0 Å². The molecule has 40 heavy (non-hydrogen) atoms. The lowest BCUT2D eigenvalue weighted by Crippen LogP contribution is -2.40. The number of esters is 1. The molecule has 1 unspecified atom stereocenters. The number of amides is 1. The second kappa shape index (κ2) is 13.0. The SMILES string of the molecule is CCOC(=O)C[C@H](NC(=O)C(CC(C)C)n1cccc(C)c1=O)c1cc(-c2c(C)cc(F)cc2C)cc(C)c1F. The molecule has 3 rings (SSSR count). The molecule has 2 aromatic carbocycles. The van der Waals surface area contributed by atoms with E-state index >= 15 is 4.39 Å². The lowest BCUT2D eigenvalue weighted by atomic mass is 9.90. The first-order valence-electron chi connectivity index (χ1n) is 13.5. The van der Waals surface area contributed by atoms with E-state index in [0.717, 1.165) is 5.56 Å². The molecule has 0 saturated carbocycles. The Bertz CT molecular complexity index is 1440. The standard InChI is InChI=1S/C32H38F2N2O4/c1-8-40-28(37)17-26(35-31(38)27(12-18(2)3)36-11-9-10-19(4)32(36)39)25-16-23(13-22(7)30(25)34)29-20(5)14-24(33)15-21(29)6/h9-11,13-16,18,26-27H,8,12,17H2,1-7H3,(H,35,38)/t26-,27?/m0/s1. The van der Waals surface area contributed by atoms with Crippen molar-refractivity contribution in [3.63, 3.8) is 0 Å². The summed E-state index contributed by atoms with van der Waals surface area (Å²) < 4.78 is 36.3. The first-order valence-corrected chi connectivity index (χ1v) is 13.5. The molecule has 2 atom stereocenters.